The number of anilines is 1. The zero-order chi connectivity index (χ0) is 19.8. The van der Waals surface area contributed by atoms with Gasteiger partial charge in [0.15, 0.2) is 0 Å². The number of carbonyl (C=O) groups excluding carboxylic acids is 1. The van der Waals surface area contributed by atoms with Crippen LogP contribution in [0.2, 0.25) is 0 Å². The van der Waals surface area contributed by atoms with E-state index in [1.165, 1.54) is 11.3 Å². The van der Waals surface area contributed by atoms with E-state index >= 15 is 0 Å². The Morgan fingerprint density at radius 3 is 2.43 bits per heavy atom. The van der Waals surface area contributed by atoms with Crippen LogP contribution in [0.1, 0.15) is 37.7 Å². The van der Waals surface area contributed by atoms with Crippen molar-refractivity contribution in [1.82, 2.24) is 10.6 Å². The summed E-state index contributed by atoms with van der Waals surface area (Å²) in [6.45, 7) is 4.78. The van der Waals surface area contributed by atoms with E-state index in [1.54, 1.807) is 7.11 Å². The Balaban J connectivity index is 1.35. The summed E-state index contributed by atoms with van der Waals surface area (Å²) in [6, 6.07) is 18.8. The van der Waals surface area contributed by atoms with Crippen LogP contribution < -0.4 is 20.3 Å². The van der Waals surface area contributed by atoms with Gasteiger partial charge >= 0.3 is 6.03 Å². The first kappa shape index (κ1) is 20.1. The Hall–Kier alpha value is -2.69. The van der Waals surface area contributed by atoms with E-state index in [9.17, 15) is 4.79 Å². The Labute approximate surface area is 168 Å². The lowest BCUT2D eigenvalue weighted by atomic mass is 9.98. The molecule has 1 aliphatic heterocycles. The fraction of sp³-hybridized carbons (Fsp3) is 0.435. The number of carbonyl (C=O) groups is 1. The molecule has 2 aromatic carbocycles. The third-order valence-electron chi connectivity index (χ3n) is 5.50. The Bertz CT molecular complexity index is 725. The highest BCUT2D eigenvalue weighted by molar-refractivity contribution is 5.74. The number of rotatable bonds is 7. The molecule has 28 heavy (non-hydrogen) atoms. The Kier molecular flexibility index (Phi) is 7.18. The molecule has 5 nitrogen and oxygen atoms in total. The highest BCUT2D eigenvalue weighted by Gasteiger charge is 2.21. The molecule has 1 unspecified atom stereocenters. The van der Waals surface area contributed by atoms with Gasteiger partial charge in [-0.1, -0.05) is 37.3 Å². The van der Waals surface area contributed by atoms with E-state index in [0.29, 0.717) is 12.5 Å². The lowest BCUT2D eigenvalue weighted by Crippen LogP contribution is -2.48. The summed E-state index contributed by atoms with van der Waals surface area (Å²) in [6.07, 6.45) is 2.85. The third-order valence-corrected chi connectivity index (χ3v) is 5.50. The molecule has 0 saturated carbocycles. The molecule has 0 bridgehead atoms. The van der Waals surface area contributed by atoms with Crippen LogP contribution in [0.15, 0.2) is 54.6 Å². The molecule has 2 N–H and O–H groups in total. The van der Waals surface area contributed by atoms with Gasteiger partial charge in [-0.15, -0.1) is 0 Å². The molecule has 1 heterocycles. The van der Waals surface area contributed by atoms with Crippen LogP contribution in [-0.4, -0.2) is 38.8 Å². The minimum atomic E-state index is -0.0526. The summed E-state index contributed by atoms with van der Waals surface area (Å²) < 4.78 is 5.22. The number of hydrogen-bond donors (Lipinski definition) is 2. The average molecular weight is 382 g/mol. The van der Waals surface area contributed by atoms with E-state index in [1.807, 2.05) is 18.2 Å². The normalized spacial score (nSPS) is 15.7. The van der Waals surface area contributed by atoms with Crippen molar-refractivity contribution in [1.29, 1.82) is 0 Å². The van der Waals surface area contributed by atoms with Gasteiger partial charge in [0.1, 0.15) is 5.75 Å². The molecule has 1 atom stereocenters. The van der Waals surface area contributed by atoms with Crippen LogP contribution >= 0.6 is 0 Å². The second-order valence-electron chi connectivity index (χ2n) is 7.46. The first-order valence-electron chi connectivity index (χ1n) is 10.1. The smallest absolute Gasteiger partial charge is 0.315 e. The summed E-state index contributed by atoms with van der Waals surface area (Å²) in [7, 11) is 1.68. The fourth-order valence-corrected chi connectivity index (χ4v) is 3.66. The minimum Gasteiger partial charge on any atom is -0.497 e. The molecular formula is C23H31N3O2. The van der Waals surface area contributed by atoms with Crippen molar-refractivity contribution in [3.05, 3.63) is 60.2 Å². The van der Waals surface area contributed by atoms with Crippen LogP contribution in [0, 0.1) is 0 Å². The number of methoxy groups -OCH3 is 1. The molecule has 1 aliphatic rings. The largest absolute Gasteiger partial charge is 0.497 e. The predicted molar refractivity (Wildman–Crippen MR) is 114 cm³/mol. The predicted octanol–water partition coefficient (Wildman–Crippen LogP) is 4.16. The van der Waals surface area contributed by atoms with Crippen molar-refractivity contribution in [3.63, 3.8) is 0 Å². The number of amides is 2. The van der Waals surface area contributed by atoms with Crippen molar-refractivity contribution < 1.29 is 9.53 Å². The van der Waals surface area contributed by atoms with Gasteiger partial charge in [-0.3, -0.25) is 0 Å². The number of piperidine rings is 1. The summed E-state index contributed by atoms with van der Waals surface area (Å²) in [5, 5.41) is 6.13. The second kappa shape index (κ2) is 10.0. The van der Waals surface area contributed by atoms with E-state index < -0.39 is 0 Å². The SMILES string of the molecule is COc1ccc(N2CCC(NC(=O)NCCC(C)c3ccccc3)CC2)cc1. The summed E-state index contributed by atoms with van der Waals surface area (Å²) in [5.41, 5.74) is 2.52. The van der Waals surface area contributed by atoms with Crippen LogP contribution in [0.3, 0.4) is 0 Å². The maximum atomic E-state index is 12.2. The van der Waals surface area contributed by atoms with Crippen molar-refractivity contribution >= 4 is 11.7 Å². The van der Waals surface area contributed by atoms with E-state index in [-0.39, 0.29) is 12.1 Å². The van der Waals surface area contributed by atoms with E-state index in [2.05, 4.69) is 58.9 Å². The lowest BCUT2D eigenvalue weighted by Gasteiger charge is -2.34. The number of nitrogens with one attached hydrogen (secondary N) is 2. The fourth-order valence-electron chi connectivity index (χ4n) is 3.66. The number of urea groups is 1. The monoisotopic (exact) mass is 381 g/mol. The summed E-state index contributed by atoms with van der Waals surface area (Å²) >= 11 is 0. The van der Waals surface area contributed by atoms with Crippen molar-refractivity contribution in [2.24, 2.45) is 0 Å². The number of hydrogen-bond acceptors (Lipinski definition) is 3. The first-order valence-corrected chi connectivity index (χ1v) is 10.1. The summed E-state index contributed by atoms with van der Waals surface area (Å²) in [4.78, 5) is 14.6. The maximum Gasteiger partial charge on any atom is 0.315 e. The molecular weight excluding hydrogens is 350 g/mol. The quantitative estimate of drug-likeness (QED) is 0.757. The Morgan fingerprint density at radius 1 is 1.11 bits per heavy atom. The maximum absolute atomic E-state index is 12.2. The van der Waals surface area contributed by atoms with Gasteiger partial charge < -0.3 is 20.3 Å². The molecule has 5 heteroatoms. The van der Waals surface area contributed by atoms with Crippen LogP contribution in [0.4, 0.5) is 10.5 Å². The highest BCUT2D eigenvalue weighted by Crippen LogP contribution is 2.23. The van der Waals surface area contributed by atoms with Gasteiger partial charge in [-0.2, -0.15) is 0 Å². The van der Waals surface area contributed by atoms with Gasteiger partial charge in [-0.05, 0) is 55.0 Å². The highest BCUT2D eigenvalue weighted by atomic mass is 16.5. The Morgan fingerprint density at radius 2 is 1.79 bits per heavy atom. The molecule has 3 rings (SSSR count). The summed E-state index contributed by atoms with van der Waals surface area (Å²) in [5.74, 6) is 1.31. The van der Waals surface area contributed by atoms with Gasteiger partial charge in [0, 0.05) is 31.4 Å². The van der Waals surface area contributed by atoms with Crippen molar-refractivity contribution in [3.8, 4) is 5.75 Å². The molecule has 2 amide bonds. The zero-order valence-corrected chi connectivity index (χ0v) is 16.9. The molecule has 0 spiro atoms. The van der Waals surface area contributed by atoms with Crippen LogP contribution in [-0.2, 0) is 0 Å². The molecule has 0 aromatic heterocycles. The second-order valence-corrected chi connectivity index (χ2v) is 7.46. The van der Waals surface area contributed by atoms with Gasteiger partial charge in [0.2, 0.25) is 0 Å². The minimum absolute atomic E-state index is 0.0526. The van der Waals surface area contributed by atoms with Crippen molar-refractivity contribution in [2.45, 2.75) is 38.1 Å². The molecule has 0 radical (unpaired) electrons. The number of benzene rings is 2. The average Bonchev–Trinajstić information content (AvgIpc) is 2.75. The standard InChI is InChI=1S/C23H31N3O2/c1-18(19-6-4-3-5-7-19)12-15-24-23(27)25-20-13-16-26(17-14-20)21-8-10-22(28-2)11-9-21/h3-11,18,20H,12-17H2,1-2H3,(H2,24,25,27). The van der Waals surface area contributed by atoms with Crippen molar-refractivity contribution in [2.75, 3.05) is 31.6 Å². The van der Waals surface area contributed by atoms with Gasteiger partial charge in [0.05, 0.1) is 7.11 Å². The number of nitrogens with zero attached hydrogens (tertiary/aromatic N) is 1. The zero-order valence-electron chi connectivity index (χ0n) is 16.9. The topological polar surface area (TPSA) is 53.6 Å². The lowest BCUT2D eigenvalue weighted by molar-refractivity contribution is 0.234. The van der Waals surface area contributed by atoms with Gasteiger partial charge in [0.25, 0.3) is 0 Å². The first-order chi connectivity index (χ1) is 13.7. The van der Waals surface area contributed by atoms with Crippen LogP contribution in [0.5, 0.6) is 5.75 Å². The molecule has 0 aliphatic carbocycles. The van der Waals surface area contributed by atoms with E-state index in [4.69, 9.17) is 4.74 Å². The van der Waals surface area contributed by atoms with Crippen LogP contribution in [0.25, 0.3) is 0 Å². The molecule has 150 valence electrons. The van der Waals surface area contributed by atoms with E-state index in [0.717, 1.165) is 38.1 Å². The molecule has 1 saturated heterocycles. The third kappa shape index (κ3) is 5.65. The molecule has 1 fully saturated rings. The molecule has 2 aromatic rings. The van der Waals surface area contributed by atoms with Gasteiger partial charge in [-0.25, -0.2) is 4.79 Å². The number of ether oxygens (including phenoxy) is 1.